The zero-order valence-electron chi connectivity index (χ0n) is 12.1. The molecule has 3 nitrogen and oxygen atoms in total. The number of aryl methyl sites for hydroxylation is 1. The molecule has 1 atom stereocenters. The number of carbonyl (C=O) groups is 1. The number of hydrogen-bond donors (Lipinski definition) is 1. The lowest BCUT2D eigenvalue weighted by molar-refractivity contribution is -0.127. The highest BCUT2D eigenvalue weighted by Crippen LogP contribution is 2.13. The molecule has 0 spiro atoms. The lowest BCUT2D eigenvalue weighted by atomic mass is 10.2. The number of nitrogens with one attached hydrogen (secondary N) is 1. The van der Waals surface area contributed by atoms with Gasteiger partial charge in [-0.05, 0) is 43.7 Å². The minimum Gasteiger partial charge on any atom is -0.481 e. The monoisotopic (exact) mass is 287 g/mol. The van der Waals surface area contributed by atoms with Gasteiger partial charge in [0.15, 0.2) is 6.10 Å². The maximum atomic E-state index is 12.8. The van der Waals surface area contributed by atoms with Gasteiger partial charge in [-0.2, -0.15) is 0 Å². The molecule has 2 rings (SSSR count). The molecule has 0 saturated heterocycles. The molecule has 1 N–H and O–H groups in total. The summed E-state index contributed by atoms with van der Waals surface area (Å²) in [6.07, 6.45) is -0.590. The Morgan fingerprint density at radius 3 is 2.38 bits per heavy atom. The summed E-state index contributed by atoms with van der Waals surface area (Å²) in [7, 11) is 0. The molecule has 0 aliphatic rings. The largest absolute Gasteiger partial charge is 0.481 e. The molecule has 0 saturated carbocycles. The third-order valence-electron chi connectivity index (χ3n) is 3.08. The molecular weight excluding hydrogens is 269 g/mol. The fourth-order valence-corrected chi connectivity index (χ4v) is 1.81. The van der Waals surface area contributed by atoms with Crippen molar-refractivity contribution in [3.8, 4) is 5.75 Å². The molecule has 0 radical (unpaired) electrons. The molecule has 1 amide bonds. The standard InChI is InChI=1S/C17H18FNO2/c1-12-3-9-16(10-4-12)21-13(2)17(20)19-11-14-5-7-15(18)8-6-14/h3-10,13H,11H2,1-2H3,(H,19,20)/t13-/m0/s1. The maximum Gasteiger partial charge on any atom is 0.261 e. The summed E-state index contributed by atoms with van der Waals surface area (Å²) in [5.41, 5.74) is 1.98. The van der Waals surface area contributed by atoms with Crippen LogP contribution in [0.25, 0.3) is 0 Å². The maximum absolute atomic E-state index is 12.8. The lowest BCUT2D eigenvalue weighted by Gasteiger charge is -2.15. The highest BCUT2D eigenvalue weighted by molar-refractivity contribution is 5.80. The van der Waals surface area contributed by atoms with E-state index < -0.39 is 6.10 Å². The first kappa shape index (κ1) is 15.0. The van der Waals surface area contributed by atoms with Crippen LogP contribution in [0.15, 0.2) is 48.5 Å². The van der Waals surface area contributed by atoms with Crippen LogP contribution in [-0.4, -0.2) is 12.0 Å². The quantitative estimate of drug-likeness (QED) is 0.917. The zero-order valence-corrected chi connectivity index (χ0v) is 12.1. The third kappa shape index (κ3) is 4.60. The Hall–Kier alpha value is -2.36. The van der Waals surface area contributed by atoms with Crippen LogP contribution in [0, 0.1) is 12.7 Å². The second-order valence-corrected chi connectivity index (χ2v) is 4.92. The summed E-state index contributed by atoms with van der Waals surface area (Å²) < 4.78 is 18.3. The van der Waals surface area contributed by atoms with E-state index in [1.54, 1.807) is 19.1 Å². The Bertz CT molecular complexity index is 593. The van der Waals surface area contributed by atoms with Crippen molar-refractivity contribution in [2.45, 2.75) is 26.5 Å². The van der Waals surface area contributed by atoms with Crippen LogP contribution in [0.1, 0.15) is 18.1 Å². The zero-order chi connectivity index (χ0) is 15.2. The fourth-order valence-electron chi connectivity index (χ4n) is 1.81. The van der Waals surface area contributed by atoms with E-state index in [2.05, 4.69) is 5.32 Å². The molecule has 4 heteroatoms. The average Bonchev–Trinajstić information content (AvgIpc) is 2.48. The van der Waals surface area contributed by atoms with Gasteiger partial charge in [-0.1, -0.05) is 29.8 Å². The van der Waals surface area contributed by atoms with E-state index in [4.69, 9.17) is 4.74 Å². The molecule has 0 fully saturated rings. The van der Waals surface area contributed by atoms with Crippen LogP contribution >= 0.6 is 0 Å². The van der Waals surface area contributed by atoms with Crippen LogP contribution in [0.3, 0.4) is 0 Å². The summed E-state index contributed by atoms with van der Waals surface area (Å²) in [4.78, 5) is 11.9. The van der Waals surface area contributed by atoms with Crippen molar-refractivity contribution in [3.05, 3.63) is 65.5 Å². The second-order valence-electron chi connectivity index (χ2n) is 4.92. The number of hydrogen-bond acceptors (Lipinski definition) is 2. The SMILES string of the molecule is Cc1ccc(O[C@@H](C)C(=O)NCc2ccc(F)cc2)cc1. The summed E-state index contributed by atoms with van der Waals surface area (Å²) in [6, 6.07) is 13.5. The number of halogens is 1. The minimum atomic E-state index is -0.590. The van der Waals surface area contributed by atoms with Gasteiger partial charge in [-0.3, -0.25) is 4.79 Å². The first-order chi connectivity index (χ1) is 10.0. The van der Waals surface area contributed by atoms with Crippen LogP contribution in [0.2, 0.25) is 0 Å². The summed E-state index contributed by atoms with van der Waals surface area (Å²) in [6.45, 7) is 4.03. The van der Waals surface area contributed by atoms with E-state index in [-0.39, 0.29) is 11.7 Å². The van der Waals surface area contributed by atoms with Gasteiger partial charge in [-0.25, -0.2) is 4.39 Å². The van der Waals surface area contributed by atoms with E-state index in [0.717, 1.165) is 11.1 Å². The van der Waals surface area contributed by atoms with E-state index >= 15 is 0 Å². The second kappa shape index (κ2) is 6.88. The van der Waals surface area contributed by atoms with Gasteiger partial charge in [-0.15, -0.1) is 0 Å². The summed E-state index contributed by atoms with van der Waals surface area (Å²) in [5, 5.41) is 2.76. The molecule has 0 aliphatic heterocycles. The lowest BCUT2D eigenvalue weighted by Crippen LogP contribution is -2.35. The highest BCUT2D eigenvalue weighted by Gasteiger charge is 2.14. The topological polar surface area (TPSA) is 38.3 Å². The predicted molar refractivity (Wildman–Crippen MR) is 79.5 cm³/mol. The van der Waals surface area contributed by atoms with Crippen LogP contribution in [-0.2, 0) is 11.3 Å². The normalized spacial score (nSPS) is 11.8. The Morgan fingerprint density at radius 2 is 1.76 bits per heavy atom. The molecule has 2 aromatic carbocycles. The van der Waals surface area contributed by atoms with Gasteiger partial charge < -0.3 is 10.1 Å². The van der Waals surface area contributed by atoms with Crippen molar-refractivity contribution in [1.82, 2.24) is 5.32 Å². The molecule has 0 bridgehead atoms. The van der Waals surface area contributed by atoms with E-state index in [1.165, 1.54) is 12.1 Å². The van der Waals surface area contributed by atoms with Crippen molar-refractivity contribution in [2.75, 3.05) is 0 Å². The molecule has 0 aliphatic carbocycles. The van der Waals surface area contributed by atoms with Gasteiger partial charge in [0, 0.05) is 6.54 Å². The van der Waals surface area contributed by atoms with E-state index in [9.17, 15) is 9.18 Å². The number of amides is 1. The Morgan fingerprint density at radius 1 is 1.14 bits per heavy atom. The number of benzene rings is 2. The first-order valence-electron chi connectivity index (χ1n) is 6.80. The first-order valence-corrected chi connectivity index (χ1v) is 6.80. The summed E-state index contributed by atoms with van der Waals surface area (Å²) in [5.74, 6) is 0.158. The smallest absolute Gasteiger partial charge is 0.261 e. The van der Waals surface area contributed by atoms with E-state index in [1.807, 2.05) is 31.2 Å². The van der Waals surface area contributed by atoms with Gasteiger partial charge >= 0.3 is 0 Å². The fraction of sp³-hybridized carbons (Fsp3) is 0.235. The Labute approximate surface area is 123 Å². The van der Waals surface area contributed by atoms with Crippen molar-refractivity contribution in [3.63, 3.8) is 0 Å². The van der Waals surface area contributed by atoms with Crippen molar-refractivity contribution < 1.29 is 13.9 Å². The van der Waals surface area contributed by atoms with Crippen molar-refractivity contribution in [1.29, 1.82) is 0 Å². The molecule has 21 heavy (non-hydrogen) atoms. The molecule has 0 heterocycles. The molecule has 0 unspecified atom stereocenters. The van der Waals surface area contributed by atoms with Crippen molar-refractivity contribution >= 4 is 5.91 Å². The van der Waals surface area contributed by atoms with Crippen LogP contribution in [0.4, 0.5) is 4.39 Å². The Balaban J connectivity index is 1.84. The van der Waals surface area contributed by atoms with Crippen molar-refractivity contribution in [2.24, 2.45) is 0 Å². The number of ether oxygens (including phenoxy) is 1. The predicted octanol–water partition coefficient (Wildman–Crippen LogP) is 3.22. The number of rotatable bonds is 5. The van der Waals surface area contributed by atoms with Gasteiger partial charge in [0.1, 0.15) is 11.6 Å². The van der Waals surface area contributed by atoms with Gasteiger partial charge in [0.25, 0.3) is 5.91 Å². The molecular formula is C17H18FNO2. The number of carbonyl (C=O) groups excluding carboxylic acids is 1. The third-order valence-corrected chi connectivity index (χ3v) is 3.08. The molecule has 110 valence electrons. The minimum absolute atomic E-state index is 0.208. The molecule has 2 aromatic rings. The van der Waals surface area contributed by atoms with Crippen LogP contribution < -0.4 is 10.1 Å². The van der Waals surface area contributed by atoms with Crippen LogP contribution in [0.5, 0.6) is 5.75 Å². The summed E-state index contributed by atoms with van der Waals surface area (Å²) >= 11 is 0. The molecule has 0 aromatic heterocycles. The van der Waals surface area contributed by atoms with Gasteiger partial charge in [0.2, 0.25) is 0 Å². The highest BCUT2D eigenvalue weighted by atomic mass is 19.1. The average molecular weight is 287 g/mol. The van der Waals surface area contributed by atoms with Gasteiger partial charge in [0.05, 0.1) is 0 Å². The van der Waals surface area contributed by atoms with E-state index in [0.29, 0.717) is 12.3 Å². The Kier molecular flexibility index (Phi) is 4.93.